The highest BCUT2D eigenvalue weighted by Gasteiger charge is 2.31. The number of hydrogen-bond donors (Lipinski definition) is 0. The Kier molecular flexibility index (Phi) is 6.64. The van der Waals surface area contributed by atoms with Crippen molar-refractivity contribution in [2.75, 3.05) is 44.8 Å². The Labute approximate surface area is 191 Å². The standard InChI is InChI=1S/C25H36N6O/c1-18-22-6-4-11-31(16-19-7-8-19)25(22)29-24(28-18)21-5-3-10-30(17-21)15-20-13-26-23(27-14-20)9-12-32-2/h13-14,19,21H,3-12,15-17H2,1-2H3/t21-/m0/s1. The second-order valence-corrected chi connectivity index (χ2v) is 9.79. The lowest BCUT2D eigenvalue weighted by molar-refractivity contribution is 0.195. The molecule has 0 unspecified atom stereocenters. The van der Waals surface area contributed by atoms with Gasteiger partial charge in [0.2, 0.25) is 0 Å². The summed E-state index contributed by atoms with van der Waals surface area (Å²) in [5.41, 5.74) is 3.76. The van der Waals surface area contributed by atoms with E-state index in [1.807, 2.05) is 12.4 Å². The molecule has 0 bridgehead atoms. The van der Waals surface area contributed by atoms with Gasteiger partial charge < -0.3 is 9.64 Å². The number of methoxy groups -OCH3 is 1. The highest BCUT2D eigenvalue weighted by molar-refractivity contribution is 5.51. The monoisotopic (exact) mass is 436 g/mol. The number of likely N-dealkylation sites (tertiary alicyclic amines) is 1. The maximum absolute atomic E-state index is 5.19. The first-order valence-corrected chi connectivity index (χ1v) is 12.3. The Morgan fingerprint density at radius 3 is 2.69 bits per heavy atom. The van der Waals surface area contributed by atoms with E-state index in [1.165, 1.54) is 61.3 Å². The number of piperidine rings is 1. The van der Waals surface area contributed by atoms with Gasteiger partial charge in [-0.1, -0.05) is 0 Å². The molecule has 2 aromatic rings. The zero-order valence-corrected chi connectivity index (χ0v) is 19.6. The lowest BCUT2D eigenvalue weighted by Crippen LogP contribution is -2.36. The highest BCUT2D eigenvalue weighted by atomic mass is 16.5. The number of aromatic nitrogens is 4. The van der Waals surface area contributed by atoms with Crippen LogP contribution in [-0.4, -0.2) is 64.7 Å². The third-order valence-electron chi connectivity index (χ3n) is 7.10. The molecule has 2 fully saturated rings. The maximum Gasteiger partial charge on any atom is 0.135 e. The SMILES string of the molecule is COCCc1ncc(CN2CCC[C@H](c3nc(C)c4c(n3)N(CC3CC3)CCC4)C2)cn1. The number of anilines is 1. The number of nitrogens with zero attached hydrogens (tertiary/aromatic N) is 6. The second-order valence-electron chi connectivity index (χ2n) is 9.79. The highest BCUT2D eigenvalue weighted by Crippen LogP contribution is 2.36. The van der Waals surface area contributed by atoms with Gasteiger partial charge in [-0.2, -0.15) is 0 Å². The third kappa shape index (κ3) is 5.09. The minimum atomic E-state index is 0.402. The summed E-state index contributed by atoms with van der Waals surface area (Å²) in [6.45, 7) is 8.18. The molecule has 0 aromatic carbocycles. The number of aryl methyl sites for hydroxylation is 1. The zero-order valence-electron chi connectivity index (χ0n) is 19.6. The minimum Gasteiger partial charge on any atom is -0.384 e. The molecular weight excluding hydrogens is 400 g/mol. The fraction of sp³-hybridized carbons (Fsp3) is 0.680. The molecule has 1 saturated carbocycles. The largest absolute Gasteiger partial charge is 0.384 e. The summed E-state index contributed by atoms with van der Waals surface area (Å²) in [5, 5.41) is 0. The first-order valence-electron chi connectivity index (χ1n) is 12.3. The van der Waals surface area contributed by atoms with E-state index in [0.717, 1.165) is 56.6 Å². The molecule has 2 aliphatic heterocycles. The first-order chi connectivity index (χ1) is 15.7. The summed E-state index contributed by atoms with van der Waals surface area (Å²) in [6.07, 6.45) is 12.2. The van der Waals surface area contributed by atoms with E-state index in [9.17, 15) is 0 Å². The Hall–Kier alpha value is -2.12. The van der Waals surface area contributed by atoms with E-state index in [4.69, 9.17) is 14.7 Å². The van der Waals surface area contributed by atoms with Crippen molar-refractivity contribution in [2.24, 2.45) is 5.92 Å². The van der Waals surface area contributed by atoms with Crippen molar-refractivity contribution in [3.63, 3.8) is 0 Å². The maximum atomic E-state index is 5.19. The van der Waals surface area contributed by atoms with Gasteiger partial charge in [-0.15, -0.1) is 0 Å². The molecule has 0 amide bonds. The van der Waals surface area contributed by atoms with Gasteiger partial charge in [0, 0.05) is 74.8 Å². The van der Waals surface area contributed by atoms with E-state index in [1.54, 1.807) is 7.11 Å². The lowest BCUT2D eigenvalue weighted by atomic mass is 9.95. The van der Waals surface area contributed by atoms with Gasteiger partial charge in [-0.3, -0.25) is 4.90 Å². The molecule has 172 valence electrons. The van der Waals surface area contributed by atoms with Gasteiger partial charge in [0.15, 0.2) is 0 Å². The van der Waals surface area contributed by atoms with Crippen LogP contribution in [0.25, 0.3) is 0 Å². The first kappa shape index (κ1) is 21.7. The fourth-order valence-electron chi connectivity index (χ4n) is 5.14. The van der Waals surface area contributed by atoms with Gasteiger partial charge in [-0.25, -0.2) is 19.9 Å². The number of ether oxygens (including phenoxy) is 1. The second kappa shape index (κ2) is 9.79. The van der Waals surface area contributed by atoms with E-state index >= 15 is 0 Å². The molecule has 5 rings (SSSR count). The Bertz CT molecular complexity index is 913. The van der Waals surface area contributed by atoms with Crippen molar-refractivity contribution in [3.05, 3.63) is 40.9 Å². The van der Waals surface area contributed by atoms with E-state index in [2.05, 4.69) is 26.7 Å². The van der Waals surface area contributed by atoms with Crippen LogP contribution in [0.2, 0.25) is 0 Å². The summed E-state index contributed by atoms with van der Waals surface area (Å²) in [4.78, 5) is 24.3. The van der Waals surface area contributed by atoms with E-state index in [0.29, 0.717) is 12.5 Å². The molecule has 1 saturated heterocycles. The number of hydrogen-bond acceptors (Lipinski definition) is 7. The van der Waals surface area contributed by atoms with Crippen molar-refractivity contribution < 1.29 is 4.74 Å². The van der Waals surface area contributed by atoms with Crippen LogP contribution in [-0.2, 0) is 24.1 Å². The topological polar surface area (TPSA) is 67.3 Å². The van der Waals surface area contributed by atoms with Crippen molar-refractivity contribution in [2.45, 2.75) is 64.3 Å². The third-order valence-corrected chi connectivity index (χ3v) is 7.10. The molecule has 0 radical (unpaired) electrons. The number of rotatable bonds is 8. The molecule has 7 nitrogen and oxygen atoms in total. The van der Waals surface area contributed by atoms with E-state index < -0.39 is 0 Å². The van der Waals surface area contributed by atoms with Crippen molar-refractivity contribution in [1.29, 1.82) is 0 Å². The summed E-state index contributed by atoms with van der Waals surface area (Å²) in [7, 11) is 1.71. The van der Waals surface area contributed by atoms with Crippen LogP contribution in [0.4, 0.5) is 5.82 Å². The molecule has 1 aliphatic carbocycles. The molecule has 7 heteroatoms. The summed E-state index contributed by atoms with van der Waals surface area (Å²) >= 11 is 0. The normalized spacial score (nSPS) is 21.6. The van der Waals surface area contributed by atoms with E-state index in [-0.39, 0.29) is 0 Å². The Balaban J connectivity index is 1.27. The molecule has 0 spiro atoms. The smallest absolute Gasteiger partial charge is 0.135 e. The molecular formula is C25H36N6O. The molecule has 32 heavy (non-hydrogen) atoms. The average molecular weight is 437 g/mol. The molecule has 1 atom stereocenters. The zero-order chi connectivity index (χ0) is 21.9. The van der Waals surface area contributed by atoms with Crippen LogP contribution >= 0.6 is 0 Å². The van der Waals surface area contributed by atoms with Crippen LogP contribution in [0.15, 0.2) is 12.4 Å². The van der Waals surface area contributed by atoms with Crippen LogP contribution in [0.3, 0.4) is 0 Å². The predicted molar refractivity (Wildman–Crippen MR) is 125 cm³/mol. The molecule has 2 aromatic heterocycles. The molecule has 3 aliphatic rings. The average Bonchev–Trinajstić information content (AvgIpc) is 3.63. The predicted octanol–water partition coefficient (Wildman–Crippen LogP) is 3.31. The lowest BCUT2D eigenvalue weighted by Gasteiger charge is -2.34. The number of fused-ring (bicyclic) bond motifs is 1. The quantitative estimate of drug-likeness (QED) is 0.629. The summed E-state index contributed by atoms with van der Waals surface area (Å²) in [6, 6.07) is 0. The summed E-state index contributed by atoms with van der Waals surface area (Å²) in [5.74, 6) is 4.43. The van der Waals surface area contributed by atoms with Gasteiger partial charge >= 0.3 is 0 Å². The van der Waals surface area contributed by atoms with Gasteiger partial charge in [0.25, 0.3) is 0 Å². The minimum absolute atomic E-state index is 0.402. The Morgan fingerprint density at radius 2 is 1.91 bits per heavy atom. The van der Waals surface area contributed by atoms with Gasteiger partial charge in [0.05, 0.1) is 6.61 Å². The van der Waals surface area contributed by atoms with Crippen LogP contribution in [0.1, 0.15) is 66.5 Å². The van der Waals surface area contributed by atoms with Crippen molar-refractivity contribution in [1.82, 2.24) is 24.8 Å². The van der Waals surface area contributed by atoms with Gasteiger partial charge in [-0.05, 0) is 57.9 Å². The molecule has 4 heterocycles. The molecule has 0 N–H and O–H groups in total. The Morgan fingerprint density at radius 1 is 1.06 bits per heavy atom. The summed E-state index contributed by atoms with van der Waals surface area (Å²) < 4.78 is 5.12. The fourth-order valence-corrected chi connectivity index (χ4v) is 5.14. The van der Waals surface area contributed by atoms with Crippen LogP contribution in [0, 0.1) is 12.8 Å². The van der Waals surface area contributed by atoms with Crippen molar-refractivity contribution >= 4 is 5.82 Å². The van der Waals surface area contributed by atoms with Crippen LogP contribution < -0.4 is 4.90 Å². The van der Waals surface area contributed by atoms with Gasteiger partial charge in [0.1, 0.15) is 17.5 Å². The van der Waals surface area contributed by atoms with Crippen molar-refractivity contribution in [3.8, 4) is 0 Å². The van der Waals surface area contributed by atoms with Crippen LogP contribution in [0.5, 0.6) is 0 Å².